The summed E-state index contributed by atoms with van der Waals surface area (Å²) < 4.78 is 0. The van der Waals surface area contributed by atoms with E-state index < -0.39 is 0 Å². The Morgan fingerprint density at radius 2 is 1.86 bits per heavy atom. The summed E-state index contributed by atoms with van der Waals surface area (Å²) in [6, 6.07) is 1.58. The molecule has 2 unspecified atom stereocenters. The SMILES string of the molecule is CC1CC(CN)(N(C)CC2CCN(C)CC2)CN1C1CC1. The van der Waals surface area contributed by atoms with Gasteiger partial charge in [-0.3, -0.25) is 9.80 Å². The number of likely N-dealkylation sites (tertiary alicyclic amines) is 2. The lowest BCUT2D eigenvalue weighted by Crippen LogP contribution is -2.55. The van der Waals surface area contributed by atoms with Crippen molar-refractivity contribution in [2.24, 2.45) is 11.7 Å². The van der Waals surface area contributed by atoms with Crippen LogP contribution >= 0.6 is 0 Å². The average molecular weight is 294 g/mol. The summed E-state index contributed by atoms with van der Waals surface area (Å²) in [5.41, 5.74) is 6.49. The molecular formula is C17H34N4. The Kier molecular flexibility index (Phi) is 4.60. The fourth-order valence-electron chi connectivity index (χ4n) is 4.53. The maximum absolute atomic E-state index is 6.27. The quantitative estimate of drug-likeness (QED) is 0.827. The fraction of sp³-hybridized carbons (Fsp3) is 1.00. The second kappa shape index (κ2) is 6.15. The number of hydrogen-bond donors (Lipinski definition) is 1. The van der Waals surface area contributed by atoms with E-state index >= 15 is 0 Å². The second-order valence-corrected chi connectivity index (χ2v) is 8.01. The minimum atomic E-state index is 0.228. The zero-order chi connectivity index (χ0) is 15.0. The van der Waals surface area contributed by atoms with Crippen LogP contribution in [0.3, 0.4) is 0 Å². The normalized spacial score (nSPS) is 36.7. The van der Waals surface area contributed by atoms with Crippen LogP contribution in [0.2, 0.25) is 0 Å². The molecule has 1 aliphatic carbocycles. The number of piperidine rings is 1. The van der Waals surface area contributed by atoms with Crippen molar-refractivity contribution in [3.8, 4) is 0 Å². The van der Waals surface area contributed by atoms with Gasteiger partial charge < -0.3 is 10.6 Å². The van der Waals surface area contributed by atoms with Crippen LogP contribution in [-0.4, -0.2) is 79.1 Å². The van der Waals surface area contributed by atoms with Crippen molar-refractivity contribution in [3.05, 3.63) is 0 Å². The van der Waals surface area contributed by atoms with Gasteiger partial charge in [0.15, 0.2) is 0 Å². The number of nitrogens with two attached hydrogens (primary N) is 1. The van der Waals surface area contributed by atoms with Gasteiger partial charge in [0.25, 0.3) is 0 Å². The predicted octanol–water partition coefficient (Wildman–Crippen LogP) is 1.21. The Balaban J connectivity index is 1.59. The van der Waals surface area contributed by atoms with E-state index in [2.05, 4.69) is 35.7 Å². The van der Waals surface area contributed by atoms with Crippen LogP contribution in [0.1, 0.15) is 39.0 Å². The highest BCUT2D eigenvalue weighted by Crippen LogP contribution is 2.39. The molecule has 2 aliphatic heterocycles. The van der Waals surface area contributed by atoms with Crippen molar-refractivity contribution in [2.75, 3.05) is 46.8 Å². The summed E-state index contributed by atoms with van der Waals surface area (Å²) in [4.78, 5) is 7.82. The number of nitrogens with zero attached hydrogens (tertiary/aromatic N) is 3. The van der Waals surface area contributed by atoms with Gasteiger partial charge in [0, 0.05) is 37.3 Å². The largest absolute Gasteiger partial charge is 0.329 e. The monoisotopic (exact) mass is 294 g/mol. The van der Waals surface area contributed by atoms with E-state index in [0.29, 0.717) is 6.04 Å². The van der Waals surface area contributed by atoms with Crippen LogP contribution in [-0.2, 0) is 0 Å². The Hall–Kier alpha value is -0.160. The number of likely N-dealkylation sites (N-methyl/N-ethyl adjacent to an activating group) is 1. The van der Waals surface area contributed by atoms with Gasteiger partial charge in [-0.2, -0.15) is 0 Å². The zero-order valence-electron chi connectivity index (χ0n) is 14.2. The van der Waals surface area contributed by atoms with E-state index in [-0.39, 0.29) is 5.54 Å². The molecule has 3 rings (SSSR count). The molecule has 4 heteroatoms. The molecule has 2 N–H and O–H groups in total. The smallest absolute Gasteiger partial charge is 0.0470 e. The molecule has 1 saturated carbocycles. The predicted molar refractivity (Wildman–Crippen MR) is 88.4 cm³/mol. The van der Waals surface area contributed by atoms with Gasteiger partial charge in [-0.25, -0.2) is 0 Å². The van der Waals surface area contributed by atoms with Crippen LogP contribution in [0, 0.1) is 5.92 Å². The van der Waals surface area contributed by atoms with Crippen LogP contribution in [0.15, 0.2) is 0 Å². The van der Waals surface area contributed by atoms with E-state index in [1.54, 1.807) is 0 Å². The zero-order valence-corrected chi connectivity index (χ0v) is 14.2. The maximum Gasteiger partial charge on any atom is 0.0470 e. The third-order valence-corrected chi connectivity index (χ3v) is 6.29. The third kappa shape index (κ3) is 3.29. The molecule has 0 spiro atoms. The Morgan fingerprint density at radius 1 is 1.19 bits per heavy atom. The van der Waals surface area contributed by atoms with Crippen molar-refractivity contribution >= 4 is 0 Å². The van der Waals surface area contributed by atoms with E-state index in [9.17, 15) is 0 Å². The molecule has 0 aromatic heterocycles. The molecule has 2 atom stereocenters. The van der Waals surface area contributed by atoms with Crippen LogP contribution in [0.25, 0.3) is 0 Å². The van der Waals surface area contributed by atoms with Gasteiger partial charge in [0.2, 0.25) is 0 Å². The first-order valence-electron chi connectivity index (χ1n) is 8.90. The minimum absolute atomic E-state index is 0.228. The van der Waals surface area contributed by atoms with Crippen molar-refractivity contribution in [2.45, 2.75) is 56.7 Å². The Labute approximate surface area is 130 Å². The summed E-state index contributed by atoms with van der Waals surface area (Å²) >= 11 is 0. The lowest BCUT2D eigenvalue weighted by atomic mass is 9.90. The average Bonchev–Trinajstić information content (AvgIpc) is 3.25. The lowest BCUT2D eigenvalue weighted by Gasteiger charge is -2.41. The van der Waals surface area contributed by atoms with E-state index in [0.717, 1.165) is 18.5 Å². The van der Waals surface area contributed by atoms with Gasteiger partial charge in [0.05, 0.1) is 0 Å². The van der Waals surface area contributed by atoms with Gasteiger partial charge in [-0.05, 0) is 72.1 Å². The summed E-state index contributed by atoms with van der Waals surface area (Å²) in [6.07, 6.45) is 6.77. The van der Waals surface area contributed by atoms with Gasteiger partial charge in [0.1, 0.15) is 0 Å². The molecule has 122 valence electrons. The van der Waals surface area contributed by atoms with Crippen molar-refractivity contribution in [1.82, 2.24) is 14.7 Å². The molecule has 0 aromatic carbocycles. The topological polar surface area (TPSA) is 35.7 Å². The van der Waals surface area contributed by atoms with Crippen LogP contribution in [0.4, 0.5) is 0 Å². The van der Waals surface area contributed by atoms with E-state index in [4.69, 9.17) is 5.73 Å². The third-order valence-electron chi connectivity index (χ3n) is 6.29. The summed E-state index contributed by atoms with van der Waals surface area (Å²) in [5.74, 6) is 0.861. The van der Waals surface area contributed by atoms with Crippen LogP contribution < -0.4 is 5.73 Å². The highest BCUT2D eigenvalue weighted by Gasteiger charge is 2.48. The first-order chi connectivity index (χ1) is 10.0. The molecule has 2 saturated heterocycles. The number of hydrogen-bond acceptors (Lipinski definition) is 4. The second-order valence-electron chi connectivity index (χ2n) is 8.01. The fourth-order valence-corrected chi connectivity index (χ4v) is 4.53. The Bertz CT molecular complexity index is 349. The highest BCUT2D eigenvalue weighted by molar-refractivity contribution is 5.06. The molecule has 2 heterocycles. The molecule has 0 bridgehead atoms. The molecule has 4 nitrogen and oxygen atoms in total. The van der Waals surface area contributed by atoms with E-state index in [1.165, 1.54) is 58.3 Å². The van der Waals surface area contributed by atoms with Gasteiger partial charge >= 0.3 is 0 Å². The lowest BCUT2D eigenvalue weighted by molar-refractivity contribution is 0.0885. The van der Waals surface area contributed by atoms with Gasteiger partial charge in [-0.15, -0.1) is 0 Å². The highest BCUT2D eigenvalue weighted by atomic mass is 15.3. The van der Waals surface area contributed by atoms with E-state index in [1.807, 2.05) is 0 Å². The molecule has 0 aromatic rings. The van der Waals surface area contributed by atoms with Crippen molar-refractivity contribution in [1.29, 1.82) is 0 Å². The molecule has 21 heavy (non-hydrogen) atoms. The first kappa shape index (κ1) is 15.7. The number of rotatable bonds is 5. The summed E-state index contributed by atoms with van der Waals surface area (Å²) in [7, 11) is 4.57. The molecule has 0 radical (unpaired) electrons. The summed E-state index contributed by atoms with van der Waals surface area (Å²) in [6.45, 7) is 8.16. The first-order valence-corrected chi connectivity index (χ1v) is 8.90. The van der Waals surface area contributed by atoms with Crippen molar-refractivity contribution < 1.29 is 0 Å². The standard InChI is InChI=1S/C17H34N4/c1-14-10-17(12-18,13-21(14)16-4-5-16)20(3)11-15-6-8-19(2)9-7-15/h14-16H,4-13,18H2,1-3H3. The summed E-state index contributed by atoms with van der Waals surface area (Å²) in [5, 5.41) is 0. The van der Waals surface area contributed by atoms with Crippen LogP contribution in [0.5, 0.6) is 0 Å². The molecule has 0 amide bonds. The maximum atomic E-state index is 6.27. The molecular weight excluding hydrogens is 260 g/mol. The molecule has 3 fully saturated rings. The Morgan fingerprint density at radius 3 is 2.43 bits per heavy atom. The minimum Gasteiger partial charge on any atom is -0.329 e. The van der Waals surface area contributed by atoms with Crippen molar-refractivity contribution in [3.63, 3.8) is 0 Å². The molecule has 3 aliphatic rings. The van der Waals surface area contributed by atoms with Gasteiger partial charge in [-0.1, -0.05) is 0 Å².